The molecule has 0 fully saturated rings. The van der Waals surface area contributed by atoms with E-state index in [4.69, 9.17) is 10.7 Å². The van der Waals surface area contributed by atoms with Crippen molar-refractivity contribution in [2.75, 3.05) is 13.1 Å². The van der Waals surface area contributed by atoms with E-state index in [1.54, 1.807) is 6.07 Å². The molecule has 0 spiro atoms. The number of hydrogen-bond acceptors (Lipinski definition) is 3. The molecule has 0 aliphatic heterocycles. The highest BCUT2D eigenvalue weighted by Crippen LogP contribution is 2.13. The molecule has 1 aliphatic rings. The fourth-order valence-electron chi connectivity index (χ4n) is 2.59. The second-order valence-corrected chi connectivity index (χ2v) is 5.24. The van der Waals surface area contributed by atoms with Gasteiger partial charge in [-0.15, -0.1) is 0 Å². The van der Waals surface area contributed by atoms with Crippen molar-refractivity contribution in [1.82, 2.24) is 10.3 Å². The largest absolute Gasteiger partial charge is 0.351 e. The second kappa shape index (κ2) is 6.54. The number of allylic oxidation sites excluding steroid dienone is 2. The molecule has 1 aliphatic carbocycles. The van der Waals surface area contributed by atoms with Crippen LogP contribution in [0.15, 0.2) is 36.4 Å². The fraction of sp³-hybridized carbons (Fsp3) is 0.222. The van der Waals surface area contributed by atoms with Crippen LogP contribution >= 0.6 is 0 Å². The Hall–Kier alpha value is -2.46. The Morgan fingerprint density at radius 3 is 2.86 bits per heavy atom. The van der Waals surface area contributed by atoms with Gasteiger partial charge in [0.1, 0.15) is 0 Å². The highest BCUT2D eigenvalue weighted by atomic mass is 16.1. The first kappa shape index (κ1) is 14.5. The predicted octanol–water partition coefficient (Wildman–Crippen LogP) is 0.834. The minimum Gasteiger partial charge on any atom is -0.351 e. The molecular weight excluding hydrogens is 274 g/mol. The number of nitrogens with two attached hydrogens (primary N) is 1. The molecule has 3 rings (SSSR count). The van der Waals surface area contributed by atoms with Crippen molar-refractivity contribution in [3.63, 3.8) is 0 Å². The third-order valence-corrected chi connectivity index (χ3v) is 3.67. The summed E-state index contributed by atoms with van der Waals surface area (Å²) in [6.45, 7) is 0.888. The number of nitrogens with one attached hydrogen (secondary N) is 1. The Kier molecular flexibility index (Phi) is 4.30. The van der Waals surface area contributed by atoms with E-state index in [0.29, 0.717) is 18.7 Å². The van der Waals surface area contributed by atoms with Crippen LogP contribution in [-0.4, -0.2) is 24.0 Å². The summed E-state index contributed by atoms with van der Waals surface area (Å²) in [5.41, 5.74) is 6.78. The lowest BCUT2D eigenvalue weighted by atomic mass is 10.1. The van der Waals surface area contributed by atoms with Crippen molar-refractivity contribution in [2.24, 2.45) is 5.73 Å². The summed E-state index contributed by atoms with van der Waals surface area (Å²) in [7, 11) is 0. The average molecular weight is 293 g/mol. The zero-order chi connectivity index (χ0) is 15.4. The van der Waals surface area contributed by atoms with Gasteiger partial charge in [0.25, 0.3) is 5.91 Å². The molecule has 4 heteroatoms. The van der Waals surface area contributed by atoms with E-state index in [9.17, 15) is 4.79 Å². The van der Waals surface area contributed by atoms with E-state index in [1.165, 1.54) is 0 Å². The average Bonchev–Trinajstić information content (AvgIpc) is 2.52. The summed E-state index contributed by atoms with van der Waals surface area (Å²) in [5, 5.41) is 5.85. The summed E-state index contributed by atoms with van der Waals surface area (Å²) in [4.78, 5) is 17.0. The second-order valence-electron chi connectivity index (χ2n) is 5.24. The first-order chi connectivity index (χ1) is 10.8. The zero-order valence-corrected chi connectivity index (χ0v) is 12.4. The third-order valence-electron chi connectivity index (χ3n) is 3.67. The number of nitrogens with zero attached hydrogens (tertiary/aromatic N) is 1. The van der Waals surface area contributed by atoms with E-state index in [2.05, 4.69) is 35.7 Å². The molecule has 0 bridgehead atoms. The van der Waals surface area contributed by atoms with Gasteiger partial charge in [0.2, 0.25) is 0 Å². The predicted molar refractivity (Wildman–Crippen MR) is 89.7 cm³/mol. The molecule has 0 atom stereocenters. The van der Waals surface area contributed by atoms with Gasteiger partial charge in [-0.25, -0.2) is 4.98 Å². The highest BCUT2D eigenvalue weighted by molar-refractivity contribution is 6.05. The summed E-state index contributed by atoms with van der Waals surface area (Å²) in [5.74, 6) is -0.127. The summed E-state index contributed by atoms with van der Waals surface area (Å²) in [6, 6.07) is 7.79. The summed E-state index contributed by atoms with van der Waals surface area (Å²) in [6.07, 6.45) is 10.3. The molecule has 1 amide bonds. The molecule has 22 heavy (non-hydrogen) atoms. The van der Waals surface area contributed by atoms with Gasteiger partial charge < -0.3 is 11.1 Å². The lowest BCUT2D eigenvalue weighted by molar-refractivity contribution is 0.0956. The number of para-hydroxylation sites is 1. The van der Waals surface area contributed by atoms with E-state index < -0.39 is 0 Å². The van der Waals surface area contributed by atoms with Crippen molar-refractivity contribution in [2.45, 2.75) is 12.8 Å². The van der Waals surface area contributed by atoms with Crippen LogP contribution in [0.4, 0.5) is 0 Å². The van der Waals surface area contributed by atoms with Crippen LogP contribution in [0.1, 0.15) is 23.2 Å². The Balaban J connectivity index is 2.17. The number of fused-ring (bicyclic) bond motifs is 2. The van der Waals surface area contributed by atoms with Crippen molar-refractivity contribution in [3.05, 3.63) is 52.5 Å². The quantitative estimate of drug-likeness (QED) is 0.824. The molecule has 0 saturated carbocycles. The fourth-order valence-corrected chi connectivity index (χ4v) is 2.59. The molecule has 1 aromatic carbocycles. The standard InChI is InChI=1S/C18H19N3O/c19-10-11-20-18(22)15-8-5-7-14-12-13-6-3-1-2-4-9-16(13)21-17(14)15/h1-2,5-9,12H,3-4,10-11,19H2,(H,20,22)/b2-1-,13-6+,16-9+. The number of carbonyl (C=O) groups is 1. The van der Waals surface area contributed by atoms with E-state index in [1.807, 2.05) is 12.1 Å². The van der Waals surface area contributed by atoms with Gasteiger partial charge in [0.15, 0.2) is 0 Å². The maximum atomic E-state index is 12.3. The summed E-state index contributed by atoms with van der Waals surface area (Å²) < 4.78 is 0. The van der Waals surface area contributed by atoms with E-state index in [-0.39, 0.29) is 5.91 Å². The normalized spacial score (nSPS) is 18.0. The molecular formula is C18H19N3O. The Labute approximate surface area is 129 Å². The minimum atomic E-state index is -0.127. The molecule has 3 N–H and O–H groups in total. The molecule has 2 aromatic rings. The van der Waals surface area contributed by atoms with Crippen molar-refractivity contribution < 1.29 is 4.79 Å². The van der Waals surface area contributed by atoms with Gasteiger partial charge in [-0.1, -0.05) is 36.4 Å². The van der Waals surface area contributed by atoms with Crippen LogP contribution in [0, 0.1) is 0 Å². The number of hydrogen-bond donors (Lipinski definition) is 2. The van der Waals surface area contributed by atoms with Crippen LogP contribution in [0.5, 0.6) is 0 Å². The van der Waals surface area contributed by atoms with Crippen molar-refractivity contribution in [3.8, 4) is 0 Å². The van der Waals surface area contributed by atoms with Crippen LogP contribution < -0.4 is 21.6 Å². The number of aromatic nitrogens is 1. The van der Waals surface area contributed by atoms with Crippen molar-refractivity contribution in [1.29, 1.82) is 0 Å². The number of pyridine rings is 1. The van der Waals surface area contributed by atoms with Gasteiger partial charge in [-0.05, 0) is 30.2 Å². The molecule has 1 heterocycles. The third kappa shape index (κ3) is 2.92. The molecule has 1 aromatic heterocycles. The van der Waals surface area contributed by atoms with E-state index in [0.717, 1.165) is 34.3 Å². The molecule has 4 nitrogen and oxygen atoms in total. The number of carbonyl (C=O) groups excluding carboxylic acids is 1. The number of amides is 1. The first-order valence-electron chi connectivity index (χ1n) is 7.53. The van der Waals surface area contributed by atoms with Gasteiger partial charge in [-0.3, -0.25) is 4.79 Å². The topological polar surface area (TPSA) is 68.0 Å². The number of benzene rings is 1. The molecule has 0 unspecified atom stereocenters. The highest BCUT2D eigenvalue weighted by Gasteiger charge is 2.10. The Bertz CT molecular complexity index is 852. The zero-order valence-electron chi connectivity index (χ0n) is 12.4. The molecule has 112 valence electrons. The monoisotopic (exact) mass is 293 g/mol. The maximum absolute atomic E-state index is 12.3. The van der Waals surface area contributed by atoms with Gasteiger partial charge >= 0.3 is 0 Å². The van der Waals surface area contributed by atoms with Crippen LogP contribution in [-0.2, 0) is 0 Å². The molecule has 0 saturated heterocycles. The van der Waals surface area contributed by atoms with Gasteiger partial charge in [0.05, 0.1) is 16.4 Å². The van der Waals surface area contributed by atoms with E-state index >= 15 is 0 Å². The smallest absolute Gasteiger partial charge is 0.253 e. The van der Waals surface area contributed by atoms with Gasteiger partial charge in [-0.2, -0.15) is 0 Å². The van der Waals surface area contributed by atoms with Crippen molar-refractivity contribution >= 4 is 29.0 Å². The first-order valence-corrected chi connectivity index (χ1v) is 7.53. The van der Waals surface area contributed by atoms with Crippen LogP contribution in [0.25, 0.3) is 23.1 Å². The Morgan fingerprint density at radius 2 is 2.05 bits per heavy atom. The van der Waals surface area contributed by atoms with Crippen LogP contribution in [0.3, 0.4) is 0 Å². The maximum Gasteiger partial charge on any atom is 0.253 e. The summed E-state index contributed by atoms with van der Waals surface area (Å²) >= 11 is 0. The molecule has 0 radical (unpaired) electrons. The lowest BCUT2D eigenvalue weighted by Crippen LogP contribution is -2.31. The SMILES string of the molecule is NCCNC(=O)c1cccc2cc3/c(nc12)=C\C/C=C\C/C=3. The van der Waals surface area contributed by atoms with Crippen LogP contribution in [0.2, 0.25) is 0 Å². The number of rotatable bonds is 3. The lowest BCUT2D eigenvalue weighted by Gasteiger charge is -2.07. The van der Waals surface area contributed by atoms with Gasteiger partial charge in [0, 0.05) is 18.5 Å². The Morgan fingerprint density at radius 1 is 1.23 bits per heavy atom. The minimum absolute atomic E-state index is 0.127.